The molecule has 4 aromatic carbocycles. The van der Waals surface area contributed by atoms with Gasteiger partial charge in [0.2, 0.25) is 0 Å². The summed E-state index contributed by atoms with van der Waals surface area (Å²) < 4.78 is 0. The minimum Gasteiger partial charge on any atom is -0.748 e. The van der Waals surface area contributed by atoms with Crippen LogP contribution in [0.4, 0.5) is 0 Å². The molecule has 4 rings (SSSR count). The zero-order valence-corrected chi connectivity index (χ0v) is 21.5. The van der Waals surface area contributed by atoms with Gasteiger partial charge in [0.1, 0.15) is 0 Å². The SMILES string of the molecule is CCP(CC)C(C)[c-]1cccc1P(c1ccccc1)c1ccccc1.[Fe].[cH-]1[cH-][cH-][cH-][cH-]1. The molecule has 0 saturated heterocycles. The van der Waals surface area contributed by atoms with Crippen molar-refractivity contribution in [3.8, 4) is 0 Å². The topological polar surface area (TPSA) is 0 Å². The predicted molar refractivity (Wildman–Crippen MR) is 139 cm³/mol. The van der Waals surface area contributed by atoms with Gasteiger partial charge in [-0.25, -0.2) is 12.1 Å². The van der Waals surface area contributed by atoms with Crippen LogP contribution in [0.25, 0.3) is 0 Å². The van der Waals surface area contributed by atoms with Crippen molar-refractivity contribution in [3.63, 3.8) is 0 Å². The molecule has 0 heterocycles. The van der Waals surface area contributed by atoms with Crippen molar-refractivity contribution >= 4 is 31.8 Å². The number of benzene rings is 2. The summed E-state index contributed by atoms with van der Waals surface area (Å²) in [5, 5.41) is 4.44. The molecule has 1 unspecified atom stereocenters. The van der Waals surface area contributed by atoms with Crippen molar-refractivity contribution < 1.29 is 17.1 Å². The van der Waals surface area contributed by atoms with E-state index in [-0.39, 0.29) is 25.0 Å². The first-order valence-electron chi connectivity index (χ1n) is 10.8. The molecule has 31 heavy (non-hydrogen) atoms. The fraction of sp³-hybridized carbons (Fsp3) is 0.214. The molecular weight excluding hydrogens is 454 g/mol. The van der Waals surface area contributed by atoms with Crippen molar-refractivity contribution in [1.29, 1.82) is 0 Å². The molecule has 0 amide bonds. The second-order valence-electron chi connectivity index (χ2n) is 7.23. The Hall–Kier alpha value is -1.48. The third kappa shape index (κ3) is 7.00. The molecule has 0 saturated carbocycles. The zero-order valence-electron chi connectivity index (χ0n) is 18.6. The Morgan fingerprint density at radius 2 is 1.16 bits per heavy atom. The molecule has 168 valence electrons. The van der Waals surface area contributed by atoms with Crippen LogP contribution in [-0.2, 0) is 17.1 Å². The van der Waals surface area contributed by atoms with Crippen molar-refractivity contribution in [2.45, 2.75) is 26.4 Å². The second kappa shape index (κ2) is 13.8. The van der Waals surface area contributed by atoms with Crippen molar-refractivity contribution in [2.24, 2.45) is 0 Å². The summed E-state index contributed by atoms with van der Waals surface area (Å²) in [4.78, 5) is 0. The molecule has 0 aliphatic heterocycles. The Balaban J connectivity index is 0.000000501. The number of hydrogen-bond donors (Lipinski definition) is 0. The molecular formula is C28H32FeP2-6. The van der Waals surface area contributed by atoms with Gasteiger partial charge in [0.05, 0.1) is 0 Å². The van der Waals surface area contributed by atoms with Crippen LogP contribution in [0.1, 0.15) is 32.0 Å². The van der Waals surface area contributed by atoms with E-state index in [2.05, 4.69) is 99.6 Å². The fourth-order valence-corrected chi connectivity index (χ4v) is 8.67. The average molecular weight is 486 g/mol. The predicted octanol–water partition coefficient (Wildman–Crippen LogP) is 7.15. The van der Waals surface area contributed by atoms with E-state index in [9.17, 15) is 0 Å². The normalized spacial score (nSPS) is 11.5. The smallest absolute Gasteiger partial charge is 0 e. The molecule has 3 heteroatoms. The molecule has 1 atom stereocenters. The molecule has 0 aromatic heterocycles. The summed E-state index contributed by atoms with van der Waals surface area (Å²) in [6.07, 6.45) is 2.62. The molecule has 4 aromatic rings. The quantitative estimate of drug-likeness (QED) is 0.148. The zero-order chi connectivity index (χ0) is 21.2. The van der Waals surface area contributed by atoms with E-state index < -0.39 is 7.92 Å². The van der Waals surface area contributed by atoms with Crippen LogP contribution in [0, 0.1) is 0 Å². The van der Waals surface area contributed by atoms with Crippen LogP contribution in [0.2, 0.25) is 0 Å². The molecule has 0 N–H and O–H groups in total. The Morgan fingerprint density at radius 1 is 0.710 bits per heavy atom. The van der Waals surface area contributed by atoms with Gasteiger partial charge in [-0.05, 0) is 36.5 Å². The van der Waals surface area contributed by atoms with E-state index >= 15 is 0 Å². The van der Waals surface area contributed by atoms with Gasteiger partial charge >= 0.3 is 0 Å². The Kier molecular flexibility index (Phi) is 11.5. The summed E-state index contributed by atoms with van der Waals surface area (Å²) in [6.45, 7) is 7.15. The fourth-order valence-electron chi connectivity index (χ4n) is 3.85. The van der Waals surface area contributed by atoms with Crippen molar-refractivity contribution in [3.05, 3.63) is 115 Å². The third-order valence-electron chi connectivity index (χ3n) is 5.46. The Labute approximate surface area is 201 Å². The van der Waals surface area contributed by atoms with Crippen LogP contribution in [-0.4, -0.2) is 12.3 Å². The van der Waals surface area contributed by atoms with E-state index in [1.54, 1.807) is 10.9 Å². The van der Waals surface area contributed by atoms with Crippen LogP contribution < -0.4 is 15.9 Å². The van der Waals surface area contributed by atoms with Gasteiger partial charge in [-0.3, -0.25) is 0 Å². The van der Waals surface area contributed by atoms with Gasteiger partial charge in [0.25, 0.3) is 0 Å². The average Bonchev–Trinajstić information content (AvgIpc) is 3.52. The summed E-state index contributed by atoms with van der Waals surface area (Å²) in [5.41, 5.74) is 2.25. The van der Waals surface area contributed by atoms with E-state index in [0.717, 1.165) is 0 Å². The number of hydrogen-bond acceptors (Lipinski definition) is 0. The molecule has 0 aliphatic rings. The standard InChI is InChI=1S/C23H27P2.C5H5.Fe/c1-4-24(5-2)19(3)22-17-12-18-23(22)25(20-13-8-6-9-14-20)21-15-10-7-11-16-21;1-2-4-5-3-1;/h6-19H,4-5H2,1-3H3;1-5H;/q-1;-5;. The number of rotatable bonds is 7. The van der Waals surface area contributed by atoms with Crippen molar-refractivity contribution in [2.75, 3.05) is 12.3 Å². The van der Waals surface area contributed by atoms with Gasteiger partial charge in [0.15, 0.2) is 0 Å². The van der Waals surface area contributed by atoms with Gasteiger partial charge in [-0.2, -0.15) is 6.07 Å². The summed E-state index contributed by atoms with van der Waals surface area (Å²) >= 11 is 0. The maximum absolute atomic E-state index is 2.45. The molecule has 0 bridgehead atoms. The van der Waals surface area contributed by atoms with Gasteiger partial charge in [-0.15, -0.1) is 18.8 Å². The largest absolute Gasteiger partial charge is 0.748 e. The van der Waals surface area contributed by atoms with Gasteiger partial charge in [0, 0.05) is 17.1 Å². The maximum Gasteiger partial charge on any atom is 0 e. The Bertz CT molecular complexity index is 884. The first kappa shape index (κ1) is 25.8. The minimum absolute atomic E-state index is 0. The molecule has 0 aliphatic carbocycles. The first-order valence-corrected chi connectivity index (χ1v) is 13.9. The maximum atomic E-state index is 2.45. The summed E-state index contributed by atoms with van der Waals surface area (Å²) in [6, 6.07) is 39.1. The monoisotopic (exact) mass is 486 g/mol. The van der Waals surface area contributed by atoms with E-state index in [4.69, 9.17) is 0 Å². The van der Waals surface area contributed by atoms with Gasteiger partial charge < -0.3 is 30.3 Å². The van der Waals surface area contributed by atoms with Crippen LogP contribution in [0.5, 0.6) is 0 Å². The second-order valence-corrected chi connectivity index (χ2v) is 12.6. The van der Waals surface area contributed by atoms with Gasteiger partial charge in [-0.1, -0.05) is 81.4 Å². The van der Waals surface area contributed by atoms with Crippen LogP contribution in [0.3, 0.4) is 0 Å². The van der Waals surface area contributed by atoms with E-state index in [0.29, 0.717) is 5.66 Å². The first-order chi connectivity index (χ1) is 14.8. The minimum atomic E-state index is -0.487. The third-order valence-corrected chi connectivity index (χ3v) is 11.0. The van der Waals surface area contributed by atoms with E-state index in [1.807, 2.05) is 30.3 Å². The molecule has 0 radical (unpaired) electrons. The molecule has 0 fully saturated rings. The Morgan fingerprint density at radius 3 is 1.58 bits per heavy atom. The molecule has 0 nitrogen and oxygen atoms in total. The van der Waals surface area contributed by atoms with Crippen LogP contribution in [0.15, 0.2) is 109 Å². The van der Waals surface area contributed by atoms with Crippen molar-refractivity contribution in [1.82, 2.24) is 0 Å². The summed E-state index contributed by atoms with van der Waals surface area (Å²) in [5.74, 6) is 0. The summed E-state index contributed by atoms with van der Waals surface area (Å²) in [7, 11) is -0.423. The van der Waals surface area contributed by atoms with Crippen LogP contribution >= 0.6 is 15.8 Å². The molecule has 0 spiro atoms. The van der Waals surface area contributed by atoms with E-state index in [1.165, 1.54) is 22.9 Å².